The van der Waals surface area contributed by atoms with Crippen molar-refractivity contribution in [3.05, 3.63) is 100 Å². The van der Waals surface area contributed by atoms with Crippen molar-refractivity contribution in [2.45, 2.75) is 89.9 Å². The minimum absolute atomic E-state index is 0.0138. The molecule has 0 radical (unpaired) electrons. The highest BCUT2D eigenvalue weighted by Gasteiger charge is 2.32. The van der Waals surface area contributed by atoms with Crippen LogP contribution in [0, 0.1) is 52.7 Å². The van der Waals surface area contributed by atoms with E-state index in [2.05, 4.69) is 0 Å². The van der Waals surface area contributed by atoms with Crippen LogP contribution >= 0.6 is 0 Å². The number of ether oxygens (including phenoxy) is 1. The number of hydrogen-bond acceptors (Lipinski definition) is 1. The first-order valence-electron chi connectivity index (χ1n) is 16.7. The number of halogens is 8. The Balaban J connectivity index is 1.12. The van der Waals surface area contributed by atoms with Gasteiger partial charge in [-0.25, -0.2) is 26.3 Å². The second kappa shape index (κ2) is 15.7. The van der Waals surface area contributed by atoms with E-state index in [-0.39, 0.29) is 41.2 Å². The van der Waals surface area contributed by atoms with Crippen LogP contribution in [-0.2, 0) is 11.2 Å². The molecule has 0 heterocycles. The van der Waals surface area contributed by atoms with Crippen LogP contribution < -0.4 is 0 Å². The number of rotatable bonds is 11. The van der Waals surface area contributed by atoms with Crippen LogP contribution in [0.1, 0.15) is 100 Å². The molecule has 0 atom stereocenters. The Kier molecular flexibility index (Phi) is 11.7. The van der Waals surface area contributed by atoms with Crippen LogP contribution in [-0.4, -0.2) is 6.61 Å². The van der Waals surface area contributed by atoms with E-state index in [0.29, 0.717) is 36.2 Å². The van der Waals surface area contributed by atoms with Gasteiger partial charge in [0, 0.05) is 16.7 Å². The summed E-state index contributed by atoms with van der Waals surface area (Å²) in [5, 5.41) is 0. The van der Waals surface area contributed by atoms with Gasteiger partial charge >= 0.3 is 6.01 Å². The lowest BCUT2D eigenvalue weighted by Gasteiger charge is -2.38. The zero-order valence-electron chi connectivity index (χ0n) is 26.5. The van der Waals surface area contributed by atoms with E-state index >= 15 is 8.78 Å². The molecular weight excluding hydrogens is 624 g/mol. The topological polar surface area (TPSA) is 9.23 Å². The molecule has 47 heavy (non-hydrogen) atoms. The normalized spacial score (nSPS) is 22.2. The van der Waals surface area contributed by atoms with Crippen molar-refractivity contribution in [2.75, 3.05) is 6.61 Å². The molecule has 2 saturated carbocycles. The summed E-state index contributed by atoms with van der Waals surface area (Å²) in [5.41, 5.74) is -0.0919. The van der Waals surface area contributed by atoms with Crippen molar-refractivity contribution in [3.8, 4) is 11.1 Å². The molecular formula is C38H40F8O. The predicted octanol–water partition coefficient (Wildman–Crippen LogP) is 12.3. The highest BCUT2D eigenvalue weighted by molar-refractivity contribution is 5.69. The van der Waals surface area contributed by atoms with E-state index in [1.54, 1.807) is 0 Å². The quantitative estimate of drug-likeness (QED) is 0.0858. The summed E-state index contributed by atoms with van der Waals surface area (Å²) in [6.45, 7) is 1.85. The van der Waals surface area contributed by atoms with Gasteiger partial charge in [0.2, 0.25) is 5.83 Å². The Labute approximate surface area is 271 Å². The predicted molar refractivity (Wildman–Crippen MR) is 167 cm³/mol. The molecule has 9 heteroatoms. The molecule has 0 amide bonds. The molecule has 5 rings (SSSR count). The van der Waals surface area contributed by atoms with Crippen molar-refractivity contribution in [1.29, 1.82) is 0 Å². The molecule has 2 fully saturated rings. The Morgan fingerprint density at radius 1 is 0.702 bits per heavy atom. The fraction of sp³-hybridized carbons (Fsp3) is 0.474. The molecule has 3 aromatic carbocycles. The van der Waals surface area contributed by atoms with Gasteiger partial charge in [-0.2, -0.15) is 8.78 Å². The first-order chi connectivity index (χ1) is 22.5. The SMILES string of the molecule is CCCCOC(F)=C(F)c1ccc(-c2cc(F)c(CCC3CCC(C4CCC(c5cc(F)c(F)c(F)c5)CC4)CC3)c(F)c2)c(F)c1. The highest BCUT2D eigenvalue weighted by atomic mass is 19.2. The Morgan fingerprint density at radius 2 is 1.30 bits per heavy atom. The summed E-state index contributed by atoms with van der Waals surface area (Å²) in [6, 6.07) is 5.98. The van der Waals surface area contributed by atoms with Gasteiger partial charge in [-0.3, -0.25) is 0 Å². The molecule has 0 aromatic heterocycles. The number of unbranched alkanes of at least 4 members (excludes halogenated alkanes) is 1. The molecule has 0 aliphatic heterocycles. The lowest BCUT2D eigenvalue weighted by Crippen LogP contribution is -2.25. The third kappa shape index (κ3) is 8.39. The molecule has 0 spiro atoms. The Hall–Kier alpha value is -3.36. The van der Waals surface area contributed by atoms with Gasteiger partial charge < -0.3 is 4.74 Å². The van der Waals surface area contributed by atoms with Gasteiger partial charge in [0.25, 0.3) is 0 Å². The minimum atomic E-state index is -1.44. The zero-order chi connectivity index (χ0) is 33.7. The van der Waals surface area contributed by atoms with Crippen molar-refractivity contribution >= 4 is 5.83 Å². The smallest absolute Gasteiger partial charge is 0.309 e. The standard InChI is InChI=1S/C38H40F8O/c1-2-3-16-47-38(46)36(44)26-13-15-29(31(39)17-26)28-20-32(40)30(33(41)21-28)14-6-22-4-7-23(8-5-22)24-9-11-25(12-10-24)27-18-34(42)37(45)35(43)19-27/h13,15,17-25H,2-12,14,16H2,1H3. The zero-order valence-corrected chi connectivity index (χ0v) is 26.5. The third-order valence-electron chi connectivity index (χ3n) is 10.2. The van der Waals surface area contributed by atoms with E-state index in [0.717, 1.165) is 100 Å². The first-order valence-corrected chi connectivity index (χ1v) is 16.7. The maximum atomic E-state index is 15.1. The minimum Gasteiger partial charge on any atom is -0.469 e. The molecule has 2 aliphatic carbocycles. The summed E-state index contributed by atoms with van der Waals surface area (Å²) < 4.78 is 119. The molecule has 0 saturated heterocycles. The second-order valence-corrected chi connectivity index (χ2v) is 13.1. The van der Waals surface area contributed by atoms with E-state index in [9.17, 15) is 26.3 Å². The second-order valence-electron chi connectivity index (χ2n) is 13.1. The lowest BCUT2D eigenvalue weighted by atomic mass is 9.68. The van der Waals surface area contributed by atoms with Gasteiger partial charge in [0.1, 0.15) is 17.5 Å². The van der Waals surface area contributed by atoms with E-state index in [4.69, 9.17) is 4.74 Å². The summed E-state index contributed by atoms with van der Waals surface area (Å²) >= 11 is 0. The van der Waals surface area contributed by atoms with E-state index in [1.807, 2.05) is 6.92 Å². The summed E-state index contributed by atoms with van der Waals surface area (Å²) in [4.78, 5) is 0. The van der Waals surface area contributed by atoms with Crippen molar-refractivity contribution < 1.29 is 39.9 Å². The largest absolute Gasteiger partial charge is 0.469 e. The van der Waals surface area contributed by atoms with Crippen molar-refractivity contribution in [3.63, 3.8) is 0 Å². The van der Waals surface area contributed by atoms with Gasteiger partial charge in [-0.15, -0.1) is 0 Å². The van der Waals surface area contributed by atoms with Gasteiger partial charge in [-0.1, -0.05) is 38.3 Å². The molecule has 0 unspecified atom stereocenters. The summed E-state index contributed by atoms with van der Waals surface area (Å²) in [5.74, 6) is -6.20. The first kappa shape index (κ1) is 35.0. The van der Waals surface area contributed by atoms with Crippen LogP contribution in [0.15, 0.2) is 48.5 Å². The lowest BCUT2D eigenvalue weighted by molar-refractivity contribution is 0.141. The van der Waals surface area contributed by atoms with Crippen LogP contribution in [0.5, 0.6) is 0 Å². The van der Waals surface area contributed by atoms with Gasteiger partial charge in [0.15, 0.2) is 17.5 Å². The fourth-order valence-corrected chi connectivity index (χ4v) is 7.40. The maximum Gasteiger partial charge on any atom is 0.309 e. The molecule has 254 valence electrons. The van der Waals surface area contributed by atoms with E-state index < -0.39 is 46.7 Å². The van der Waals surface area contributed by atoms with Gasteiger partial charge in [-0.05, 0) is 123 Å². The summed E-state index contributed by atoms with van der Waals surface area (Å²) in [6.07, 6.45) is 9.52. The van der Waals surface area contributed by atoms with Crippen molar-refractivity contribution in [2.24, 2.45) is 17.8 Å². The molecule has 2 aliphatic rings. The van der Waals surface area contributed by atoms with Crippen LogP contribution in [0.3, 0.4) is 0 Å². The Morgan fingerprint density at radius 3 is 1.87 bits per heavy atom. The monoisotopic (exact) mass is 664 g/mol. The highest BCUT2D eigenvalue weighted by Crippen LogP contribution is 2.45. The summed E-state index contributed by atoms with van der Waals surface area (Å²) in [7, 11) is 0. The van der Waals surface area contributed by atoms with Gasteiger partial charge in [0.05, 0.1) is 6.61 Å². The van der Waals surface area contributed by atoms with E-state index in [1.165, 1.54) is 0 Å². The fourth-order valence-electron chi connectivity index (χ4n) is 7.40. The molecule has 0 N–H and O–H groups in total. The molecule has 3 aromatic rings. The van der Waals surface area contributed by atoms with Crippen LogP contribution in [0.25, 0.3) is 17.0 Å². The number of benzene rings is 3. The maximum absolute atomic E-state index is 15.1. The molecule has 0 bridgehead atoms. The van der Waals surface area contributed by atoms with Crippen LogP contribution in [0.4, 0.5) is 35.1 Å². The third-order valence-corrected chi connectivity index (χ3v) is 10.2. The average Bonchev–Trinajstić information content (AvgIpc) is 3.06. The van der Waals surface area contributed by atoms with Crippen LogP contribution in [0.2, 0.25) is 0 Å². The van der Waals surface area contributed by atoms with Crippen molar-refractivity contribution in [1.82, 2.24) is 0 Å². The Bertz CT molecular complexity index is 1520. The average molecular weight is 665 g/mol. The number of hydrogen-bond donors (Lipinski definition) is 0. The molecule has 1 nitrogen and oxygen atoms in total.